The summed E-state index contributed by atoms with van der Waals surface area (Å²) in [6, 6.07) is 7.08. The molecule has 0 aliphatic carbocycles. The van der Waals surface area contributed by atoms with E-state index in [0.717, 1.165) is 15.8 Å². The zero-order valence-corrected chi connectivity index (χ0v) is 13.5. The van der Waals surface area contributed by atoms with E-state index >= 15 is 0 Å². The van der Waals surface area contributed by atoms with E-state index in [9.17, 15) is 9.59 Å². The van der Waals surface area contributed by atoms with E-state index in [2.05, 4.69) is 0 Å². The molecule has 1 saturated heterocycles. The van der Waals surface area contributed by atoms with Crippen LogP contribution in [0.4, 0.5) is 0 Å². The topological polar surface area (TPSA) is 76.1 Å². The Labute approximate surface area is 137 Å². The largest absolute Gasteiger partial charge is 0.497 e. The van der Waals surface area contributed by atoms with Crippen LogP contribution >= 0.6 is 11.3 Å². The number of carbonyl (C=O) groups is 2. The molecule has 1 aliphatic heterocycles. The SMILES string of the molecule is COc1ccc2cc(C(=O)N3CCOCC3CC(=O)O)sc2c1. The molecule has 1 amide bonds. The molecule has 122 valence electrons. The van der Waals surface area contributed by atoms with E-state index in [0.29, 0.717) is 18.0 Å². The number of hydrogen-bond acceptors (Lipinski definition) is 5. The third-order valence-corrected chi connectivity index (χ3v) is 4.92. The lowest BCUT2D eigenvalue weighted by atomic mass is 10.1. The first-order valence-corrected chi connectivity index (χ1v) is 8.08. The zero-order valence-electron chi connectivity index (χ0n) is 12.7. The van der Waals surface area contributed by atoms with Crippen molar-refractivity contribution in [3.63, 3.8) is 0 Å². The van der Waals surface area contributed by atoms with Crippen LogP contribution in [0.25, 0.3) is 10.1 Å². The lowest BCUT2D eigenvalue weighted by Crippen LogP contribution is -2.49. The van der Waals surface area contributed by atoms with Gasteiger partial charge in [-0.05, 0) is 29.7 Å². The molecule has 0 saturated carbocycles. The minimum absolute atomic E-state index is 0.107. The Morgan fingerprint density at radius 3 is 3.00 bits per heavy atom. The number of ether oxygens (including phenoxy) is 2. The summed E-state index contributed by atoms with van der Waals surface area (Å²) in [7, 11) is 1.60. The van der Waals surface area contributed by atoms with Crippen LogP contribution in [0.2, 0.25) is 0 Å². The van der Waals surface area contributed by atoms with Crippen molar-refractivity contribution < 1.29 is 24.2 Å². The minimum atomic E-state index is -0.931. The van der Waals surface area contributed by atoms with Crippen molar-refractivity contribution >= 4 is 33.3 Å². The van der Waals surface area contributed by atoms with Crippen molar-refractivity contribution in [2.45, 2.75) is 12.5 Å². The van der Waals surface area contributed by atoms with Gasteiger partial charge in [0.05, 0.1) is 37.7 Å². The van der Waals surface area contributed by atoms with Gasteiger partial charge in [-0.3, -0.25) is 9.59 Å². The third kappa shape index (κ3) is 3.30. The van der Waals surface area contributed by atoms with Crippen LogP contribution in [-0.4, -0.2) is 54.8 Å². The molecule has 2 heterocycles. The maximum atomic E-state index is 12.8. The van der Waals surface area contributed by atoms with E-state index in [1.165, 1.54) is 11.3 Å². The van der Waals surface area contributed by atoms with Gasteiger partial charge in [0.15, 0.2) is 0 Å². The van der Waals surface area contributed by atoms with Crippen molar-refractivity contribution in [2.24, 2.45) is 0 Å². The van der Waals surface area contributed by atoms with Gasteiger partial charge in [-0.1, -0.05) is 0 Å². The lowest BCUT2D eigenvalue weighted by molar-refractivity contribution is -0.139. The molecule has 3 rings (SSSR count). The molecule has 0 radical (unpaired) electrons. The fourth-order valence-electron chi connectivity index (χ4n) is 2.68. The molecule has 1 aliphatic rings. The number of rotatable bonds is 4. The van der Waals surface area contributed by atoms with Crippen LogP contribution in [0.15, 0.2) is 24.3 Å². The third-order valence-electron chi connectivity index (χ3n) is 3.84. The number of amides is 1. The summed E-state index contributed by atoms with van der Waals surface area (Å²) in [5, 5.41) is 9.98. The number of carbonyl (C=O) groups excluding carboxylic acids is 1. The summed E-state index contributed by atoms with van der Waals surface area (Å²) < 4.78 is 11.5. The fourth-order valence-corrected chi connectivity index (χ4v) is 3.73. The van der Waals surface area contributed by atoms with Crippen molar-refractivity contribution in [2.75, 3.05) is 26.9 Å². The molecule has 6 nitrogen and oxygen atoms in total. The molecule has 7 heteroatoms. The van der Waals surface area contributed by atoms with E-state index in [-0.39, 0.29) is 18.9 Å². The summed E-state index contributed by atoms with van der Waals surface area (Å²) in [6.07, 6.45) is -0.107. The molecule has 0 bridgehead atoms. The van der Waals surface area contributed by atoms with E-state index in [1.54, 1.807) is 12.0 Å². The average Bonchev–Trinajstić information content (AvgIpc) is 2.97. The average molecular weight is 335 g/mol. The maximum absolute atomic E-state index is 12.8. The van der Waals surface area contributed by atoms with Gasteiger partial charge in [-0.25, -0.2) is 0 Å². The maximum Gasteiger partial charge on any atom is 0.305 e. The smallest absolute Gasteiger partial charge is 0.305 e. The Bertz CT molecular complexity index is 741. The van der Waals surface area contributed by atoms with Crippen LogP contribution in [0.5, 0.6) is 5.75 Å². The Kier molecular flexibility index (Phi) is 4.49. The second-order valence-corrected chi connectivity index (χ2v) is 6.42. The number of hydrogen-bond donors (Lipinski definition) is 1. The van der Waals surface area contributed by atoms with Gasteiger partial charge in [-0.15, -0.1) is 11.3 Å². The van der Waals surface area contributed by atoms with Gasteiger partial charge in [0, 0.05) is 11.2 Å². The van der Waals surface area contributed by atoms with E-state index in [4.69, 9.17) is 14.6 Å². The molecule has 1 fully saturated rings. The Balaban J connectivity index is 1.87. The number of thiophene rings is 1. The summed E-state index contributed by atoms with van der Waals surface area (Å²) >= 11 is 1.39. The standard InChI is InChI=1S/C16H17NO5S/c1-21-12-3-2-10-6-14(23-13(10)8-12)16(20)17-4-5-22-9-11(17)7-15(18)19/h2-3,6,8,11H,4-5,7,9H2,1H3,(H,18,19). The number of morpholine rings is 1. The number of carboxylic acid groups (broad SMARTS) is 1. The first-order valence-electron chi connectivity index (χ1n) is 7.26. The molecule has 1 N–H and O–H groups in total. The lowest BCUT2D eigenvalue weighted by Gasteiger charge is -2.34. The molecule has 1 atom stereocenters. The first-order chi connectivity index (χ1) is 11.1. The van der Waals surface area contributed by atoms with Crippen LogP contribution in [0.3, 0.4) is 0 Å². The van der Waals surface area contributed by atoms with Gasteiger partial charge < -0.3 is 19.5 Å². The number of fused-ring (bicyclic) bond motifs is 1. The summed E-state index contributed by atoms with van der Waals surface area (Å²) in [5.41, 5.74) is 0. The van der Waals surface area contributed by atoms with Gasteiger partial charge >= 0.3 is 5.97 Å². The molecular weight excluding hydrogens is 318 g/mol. The number of nitrogens with zero attached hydrogens (tertiary/aromatic N) is 1. The second kappa shape index (κ2) is 6.55. The van der Waals surface area contributed by atoms with Gasteiger partial charge in [0.1, 0.15) is 5.75 Å². The molecule has 1 aromatic carbocycles. The number of benzene rings is 1. The van der Waals surface area contributed by atoms with Gasteiger partial charge in [0.25, 0.3) is 5.91 Å². The van der Waals surface area contributed by atoms with Gasteiger partial charge in [-0.2, -0.15) is 0 Å². The Morgan fingerprint density at radius 2 is 2.26 bits per heavy atom. The summed E-state index contributed by atoms with van der Waals surface area (Å²) in [5.74, 6) is -0.326. The number of carboxylic acids is 1. The van der Waals surface area contributed by atoms with Crippen LogP contribution in [0, 0.1) is 0 Å². The fraction of sp³-hybridized carbons (Fsp3) is 0.375. The summed E-state index contributed by atoms with van der Waals surface area (Å²) in [4.78, 5) is 26.0. The monoisotopic (exact) mass is 335 g/mol. The zero-order chi connectivity index (χ0) is 16.4. The highest BCUT2D eigenvalue weighted by Gasteiger charge is 2.30. The normalized spacial score (nSPS) is 18.1. The van der Waals surface area contributed by atoms with E-state index in [1.807, 2.05) is 24.3 Å². The molecule has 23 heavy (non-hydrogen) atoms. The number of methoxy groups -OCH3 is 1. The van der Waals surface area contributed by atoms with Crippen LogP contribution in [0.1, 0.15) is 16.1 Å². The predicted octanol–water partition coefficient (Wildman–Crippen LogP) is 2.23. The Hall–Kier alpha value is -2.12. The van der Waals surface area contributed by atoms with E-state index < -0.39 is 12.0 Å². The van der Waals surface area contributed by atoms with Crippen molar-refractivity contribution in [1.82, 2.24) is 4.90 Å². The highest BCUT2D eigenvalue weighted by molar-refractivity contribution is 7.20. The van der Waals surface area contributed by atoms with Crippen molar-refractivity contribution in [3.8, 4) is 5.75 Å². The minimum Gasteiger partial charge on any atom is -0.497 e. The van der Waals surface area contributed by atoms with Crippen molar-refractivity contribution in [1.29, 1.82) is 0 Å². The molecule has 1 unspecified atom stereocenters. The quantitative estimate of drug-likeness (QED) is 0.927. The molecule has 1 aromatic heterocycles. The number of aliphatic carboxylic acids is 1. The second-order valence-electron chi connectivity index (χ2n) is 5.34. The molecular formula is C16H17NO5S. The molecule has 0 spiro atoms. The van der Waals surface area contributed by atoms with Crippen LogP contribution < -0.4 is 4.74 Å². The molecule has 2 aromatic rings. The Morgan fingerprint density at radius 1 is 1.43 bits per heavy atom. The van der Waals surface area contributed by atoms with Gasteiger partial charge in [0.2, 0.25) is 0 Å². The van der Waals surface area contributed by atoms with Crippen molar-refractivity contribution in [3.05, 3.63) is 29.1 Å². The summed E-state index contributed by atoms with van der Waals surface area (Å²) in [6.45, 7) is 1.10. The van der Waals surface area contributed by atoms with Crippen LogP contribution in [-0.2, 0) is 9.53 Å². The first kappa shape index (κ1) is 15.8. The highest BCUT2D eigenvalue weighted by atomic mass is 32.1. The highest BCUT2D eigenvalue weighted by Crippen LogP contribution is 2.30. The predicted molar refractivity (Wildman–Crippen MR) is 86.3 cm³/mol.